The molecule has 0 atom stereocenters. The van der Waals surface area contributed by atoms with Crippen LogP contribution in [-0.2, 0) is 15.7 Å². The van der Waals surface area contributed by atoms with Gasteiger partial charge < -0.3 is 10.1 Å². The summed E-state index contributed by atoms with van der Waals surface area (Å²) in [7, 11) is 0. The van der Waals surface area contributed by atoms with Gasteiger partial charge in [0.2, 0.25) is 0 Å². The molecule has 0 aromatic heterocycles. The number of esters is 1. The van der Waals surface area contributed by atoms with Gasteiger partial charge in [0.05, 0.1) is 11.1 Å². The first-order valence-electron chi connectivity index (χ1n) is 6.55. The normalized spacial score (nSPS) is 10.9. The van der Waals surface area contributed by atoms with Crippen molar-refractivity contribution in [2.75, 3.05) is 11.9 Å². The van der Waals surface area contributed by atoms with E-state index in [9.17, 15) is 22.8 Å². The van der Waals surface area contributed by atoms with Gasteiger partial charge in [-0.2, -0.15) is 13.2 Å². The maximum absolute atomic E-state index is 12.4. The molecule has 120 valence electrons. The van der Waals surface area contributed by atoms with Crippen LogP contribution < -0.4 is 5.32 Å². The number of carbonyl (C=O) groups is 2. The van der Waals surface area contributed by atoms with E-state index in [0.29, 0.717) is 5.56 Å². The highest BCUT2D eigenvalue weighted by Gasteiger charge is 2.29. The molecule has 2 aromatic carbocycles. The van der Waals surface area contributed by atoms with Crippen LogP contribution in [0.1, 0.15) is 15.9 Å². The van der Waals surface area contributed by atoms with Crippen molar-refractivity contribution in [2.45, 2.75) is 6.18 Å². The van der Waals surface area contributed by atoms with E-state index in [1.165, 1.54) is 12.1 Å². The Morgan fingerprint density at radius 3 is 2.13 bits per heavy atom. The first-order valence-corrected chi connectivity index (χ1v) is 6.55. The first-order chi connectivity index (χ1) is 10.9. The van der Waals surface area contributed by atoms with Crippen molar-refractivity contribution >= 4 is 17.6 Å². The minimum absolute atomic E-state index is 0.179. The van der Waals surface area contributed by atoms with Gasteiger partial charge in [-0.25, -0.2) is 4.79 Å². The molecule has 0 fully saturated rings. The third-order valence-corrected chi connectivity index (χ3v) is 2.84. The molecule has 4 nitrogen and oxygen atoms in total. The van der Waals surface area contributed by atoms with Gasteiger partial charge in [-0.3, -0.25) is 4.79 Å². The summed E-state index contributed by atoms with van der Waals surface area (Å²) in [5.41, 5.74) is -0.334. The average Bonchev–Trinajstić information content (AvgIpc) is 2.53. The van der Waals surface area contributed by atoms with Crippen LogP contribution in [0.4, 0.5) is 18.9 Å². The Kier molecular flexibility index (Phi) is 5.00. The summed E-state index contributed by atoms with van der Waals surface area (Å²) in [4.78, 5) is 23.2. The maximum Gasteiger partial charge on any atom is 0.416 e. The molecular formula is C16H12F3NO3. The van der Waals surface area contributed by atoms with E-state index in [-0.39, 0.29) is 5.69 Å². The van der Waals surface area contributed by atoms with E-state index in [1.54, 1.807) is 18.2 Å². The van der Waals surface area contributed by atoms with E-state index >= 15 is 0 Å². The van der Waals surface area contributed by atoms with Crippen LogP contribution in [0.15, 0.2) is 54.6 Å². The smallest absolute Gasteiger partial charge is 0.416 e. The van der Waals surface area contributed by atoms with E-state index in [2.05, 4.69) is 5.32 Å². The fraction of sp³-hybridized carbons (Fsp3) is 0.125. The number of anilines is 1. The lowest BCUT2D eigenvalue weighted by molar-refractivity contribution is -0.137. The monoisotopic (exact) mass is 323 g/mol. The SMILES string of the molecule is O=C(COC(=O)c1ccccc1)Nc1ccc(C(F)(F)F)cc1. The zero-order chi connectivity index (χ0) is 16.9. The zero-order valence-electron chi connectivity index (χ0n) is 11.8. The lowest BCUT2D eigenvalue weighted by atomic mass is 10.2. The van der Waals surface area contributed by atoms with Gasteiger partial charge in [-0.15, -0.1) is 0 Å². The molecule has 0 aliphatic carbocycles. The Bertz CT molecular complexity index is 682. The highest BCUT2D eigenvalue weighted by Crippen LogP contribution is 2.29. The fourth-order valence-corrected chi connectivity index (χ4v) is 1.73. The second kappa shape index (κ2) is 6.95. The highest BCUT2D eigenvalue weighted by molar-refractivity contribution is 5.95. The van der Waals surface area contributed by atoms with E-state index < -0.39 is 30.2 Å². The van der Waals surface area contributed by atoms with E-state index in [1.807, 2.05) is 0 Å². The van der Waals surface area contributed by atoms with Crippen LogP contribution in [0.2, 0.25) is 0 Å². The molecule has 23 heavy (non-hydrogen) atoms. The molecule has 0 bridgehead atoms. The van der Waals surface area contributed by atoms with Crippen molar-refractivity contribution in [1.82, 2.24) is 0 Å². The van der Waals surface area contributed by atoms with E-state index in [0.717, 1.165) is 24.3 Å². The fourth-order valence-electron chi connectivity index (χ4n) is 1.73. The second-order valence-corrected chi connectivity index (χ2v) is 4.57. The molecule has 1 N–H and O–H groups in total. The van der Waals surface area contributed by atoms with Crippen molar-refractivity contribution in [3.05, 3.63) is 65.7 Å². The quantitative estimate of drug-likeness (QED) is 0.876. The van der Waals surface area contributed by atoms with Crippen LogP contribution in [-0.4, -0.2) is 18.5 Å². The van der Waals surface area contributed by atoms with Crippen molar-refractivity contribution < 1.29 is 27.5 Å². The molecule has 0 aliphatic rings. The van der Waals surface area contributed by atoms with Gasteiger partial charge in [0.1, 0.15) is 0 Å². The first kappa shape index (κ1) is 16.5. The summed E-state index contributed by atoms with van der Waals surface area (Å²) in [5.74, 6) is -1.30. The average molecular weight is 323 g/mol. The Labute approximate surface area is 129 Å². The minimum atomic E-state index is -4.44. The predicted molar refractivity (Wildman–Crippen MR) is 76.8 cm³/mol. The molecule has 1 amide bonds. The lowest BCUT2D eigenvalue weighted by Gasteiger charge is -2.09. The summed E-state index contributed by atoms with van der Waals surface area (Å²) in [6, 6.07) is 12.1. The van der Waals surface area contributed by atoms with Crippen LogP contribution in [0, 0.1) is 0 Å². The van der Waals surface area contributed by atoms with Crippen LogP contribution in [0.3, 0.4) is 0 Å². The number of alkyl halides is 3. The number of halogens is 3. The van der Waals surface area contributed by atoms with Crippen LogP contribution >= 0.6 is 0 Å². The van der Waals surface area contributed by atoms with Gasteiger partial charge in [0, 0.05) is 5.69 Å². The number of amides is 1. The zero-order valence-corrected chi connectivity index (χ0v) is 11.8. The van der Waals surface area contributed by atoms with Gasteiger partial charge in [-0.05, 0) is 36.4 Å². The number of carbonyl (C=O) groups excluding carboxylic acids is 2. The number of ether oxygens (including phenoxy) is 1. The summed E-state index contributed by atoms with van der Waals surface area (Å²) in [5, 5.41) is 2.34. The molecular weight excluding hydrogens is 311 g/mol. The lowest BCUT2D eigenvalue weighted by Crippen LogP contribution is -2.21. The number of benzene rings is 2. The maximum atomic E-state index is 12.4. The second-order valence-electron chi connectivity index (χ2n) is 4.57. The Morgan fingerprint density at radius 2 is 1.57 bits per heavy atom. The largest absolute Gasteiger partial charge is 0.452 e. The third kappa shape index (κ3) is 4.84. The van der Waals surface area contributed by atoms with Gasteiger partial charge in [0.15, 0.2) is 6.61 Å². The highest BCUT2D eigenvalue weighted by atomic mass is 19.4. The number of nitrogens with one attached hydrogen (secondary N) is 1. The minimum Gasteiger partial charge on any atom is -0.452 e. The van der Waals surface area contributed by atoms with Gasteiger partial charge in [-0.1, -0.05) is 18.2 Å². The molecule has 0 spiro atoms. The third-order valence-electron chi connectivity index (χ3n) is 2.84. The summed E-state index contributed by atoms with van der Waals surface area (Å²) in [6.45, 7) is -0.533. The summed E-state index contributed by atoms with van der Waals surface area (Å²) in [6.07, 6.45) is -4.44. The standard InChI is InChI=1S/C16H12F3NO3/c17-16(18,19)12-6-8-13(9-7-12)20-14(21)10-23-15(22)11-4-2-1-3-5-11/h1-9H,10H2,(H,20,21). The number of hydrogen-bond donors (Lipinski definition) is 1. The van der Waals surface area contributed by atoms with Crippen molar-refractivity contribution in [3.8, 4) is 0 Å². The number of hydrogen-bond acceptors (Lipinski definition) is 3. The summed E-state index contributed by atoms with van der Waals surface area (Å²) < 4.78 is 42.0. The molecule has 0 aliphatic heterocycles. The predicted octanol–water partition coefficient (Wildman–Crippen LogP) is 3.50. The van der Waals surface area contributed by atoms with Crippen molar-refractivity contribution in [1.29, 1.82) is 0 Å². The molecule has 2 aromatic rings. The molecule has 0 unspecified atom stereocenters. The molecule has 7 heteroatoms. The van der Waals surface area contributed by atoms with E-state index in [4.69, 9.17) is 4.74 Å². The molecule has 2 rings (SSSR count). The van der Waals surface area contributed by atoms with Crippen molar-refractivity contribution in [3.63, 3.8) is 0 Å². The molecule has 0 radical (unpaired) electrons. The Morgan fingerprint density at radius 1 is 0.957 bits per heavy atom. The van der Waals surface area contributed by atoms with Gasteiger partial charge >= 0.3 is 12.1 Å². The Hall–Kier alpha value is -2.83. The number of rotatable bonds is 4. The summed E-state index contributed by atoms with van der Waals surface area (Å²) >= 11 is 0. The van der Waals surface area contributed by atoms with Crippen molar-refractivity contribution in [2.24, 2.45) is 0 Å². The molecule has 0 saturated heterocycles. The Balaban J connectivity index is 1.86. The molecule has 0 saturated carbocycles. The van der Waals surface area contributed by atoms with Crippen LogP contribution in [0.25, 0.3) is 0 Å². The topological polar surface area (TPSA) is 55.4 Å². The molecule has 0 heterocycles. The van der Waals surface area contributed by atoms with Crippen LogP contribution in [0.5, 0.6) is 0 Å². The van der Waals surface area contributed by atoms with Gasteiger partial charge in [0.25, 0.3) is 5.91 Å².